The summed E-state index contributed by atoms with van der Waals surface area (Å²) in [6.45, 7) is 6.62. The van der Waals surface area contributed by atoms with Crippen LogP contribution in [0.2, 0.25) is 0 Å². The Balaban J connectivity index is 2.78. The molecule has 33 heavy (non-hydrogen) atoms. The minimum Gasteiger partial charge on any atom is -0.360 e. The first-order chi connectivity index (χ1) is 15.9. The first-order valence-electron chi connectivity index (χ1n) is 12.1. The number of hydrogen-bond acceptors (Lipinski definition) is 5. The Labute approximate surface area is 200 Å². The summed E-state index contributed by atoms with van der Waals surface area (Å²) in [6, 6.07) is 20.4. The molecule has 0 aliphatic carbocycles. The summed E-state index contributed by atoms with van der Waals surface area (Å²) in [5, 5.41) is 0. The van der Waals surface area contributed by atoms with Gasteiger partial charge in [0, 0.05) is 33.9 Å². The monoisotopic (exact) mass is 457 g/mol. The summed E-state index contributed by atoms with van der Waals surface area (Å²) >= 11 is 0. The molecule has 2 aromatic rings. The molecular formula is C28H43NO4. The average Bonchev–Trinajstić information content (AvgIpc) is 2.85. The van der Waals surface area contributed by atoms with Gasteiger partial charge in [0.15, 0.2) is 5.60 Å². The lowest BCUT2D eigenvalue weighted by Gasteiger charge is -2.56. The smallest absolute Gasteiger partial charge is 0.319 e. The van der Waals surface area contributed by atoms with Gasteiger partial charge in [-0.15, -0.1) is 0 Å². The van der Waals surface area contributed by atoms with E-state index in [-0.39, 0.29) is 5.92 Å². The zero-order valence-electron chi connectivity index (χ0n) is 21.3. The maximum absolute atomic E-state index is 7.45. The van der Waals surface area contributed by atoms with Crippen LogP contribution >= 0.6 is 0 Å². The van der Waals surface area contributed by atoms with Gasteiger partial charge in [0.1, 0.15) is 0 Å². The highest BCUT2D eigenvalue weighted by molar-refractivity contribution is 5.35. The fraction of sp³-hybridized carbons (Fsp3) is 0.571. The first kappa shape index (κ1) is 27.5. The van der Waals surface area contributed by atoms with E-state index in [0.29, 0.717) is 6.61 Å². The summed E-state index contributed by atoms with van der Waals surface area (Å²) in [7, 11) is 4.70. The van der Waals surface area contributed by atoms with Gasteiger partial charge < -0.3 is 24.7 Å². The van der Waals surface area contributed by atoms with E-state index in [9.17, 15) is 0 Å². The summed E-state index contributed by atoms with van der Waals surface area (Å²) in [4.78, 5) is 0. The lowest BCUT2D eigenvalue weighted by atomic mass is 9.64. The third kappa shape index (κ3) is 5.33. The Hall–Kier alpha value is -1.76. The second-order valence-electron chi connectivity index (χ2n) is 8.74. The highest BCUT2D eigenvalue weighted by atomic mass is 16.9. The van der Waals surface area contributed by atoms with E-state index in [1.54, 1.807) is 21.3 Å². The fourth-order valence-electron chi connectivity index (χ4n) is 5.23. The van der Waals surface area contributed by atoms with Crippen molar-refractivity contribution < 1.29 is 18.9 Å². The molecule has 0 bridgehead atoms. The minimum atomic E-state index is -1.57. The van der Waals surface area contributed by atoms with E-state index in [1.807, 2.05) is 50.2 Å². The van der Waals surface area contributed by atoms with Crippen molar-refractivity contribution in [3.8, 4) is 0 Å². The summed E-state index contributed by atoms with van der Waals surface area (Å²) < 4.78 is 24.6. The van der Waals surface area contributed by atoms with Crippen LogP contribution in [0.25, 0.3) is 0 Å². The van der Waals surface area contributed by atoms with Gasteiger partial charge in [-0.25, -0.2) is 0 Å². The van der Waals surface area contributed by atoms with Gasteiger partial charge in [-0.1, -0.05) is 93.3 Å². The number of rotatable bonds is 15. The summed E-state index contributed by atoms with van der Waals surface area (Å²) in [6.07, 6.45) is 5.52. The highest BCUT2D eigenvalue weighted by Crippen LogP contribution is 2.53. The van der Waals surface area contributed by atoms with Crippen molar-refractivity contribution in [2.75, 3.05) is 27.9 Å². The maximum atomic E-state index is 7.45. The van der Waals surface area contributed by atoms with E-state index < -0.39 is 17.1 Å². The molecule has 2 aromatic carbocycles. The number of hydrogen-bond donors (Lipinski definition) is 1. The van der Waals surface area contributed by atoms with Crippen LogP contribution in [0.3, 0.4) is 0 Å². The predicted octanol–water partition coefficient (Wildman–Crippen LogP) is 5.98. The SMILES string of the molecule is CCCCCCC(c1ccccc1)C(C)(N)C(OCC)(c1ccccc1)C(OC)(OC)OC. The molecule has 2 N–H and O–H groups in total. The van der Waals surface area contributed by atoms with Crippen molar-refractivity contribution in [3.05, 3.63) is 71.8 Å². The molecule has 184 valence electrons. The zero-order chi connectivity index (χ0) is 24.4. The third-order valence-corrected chi connectivity index (χ3v) is 6.81. The van der Waals surface area contributed by atoms with Crippen LogP contribution in [0, 0.1) is 0 Å². The quantitative estimate of drug-likeness (QED) is 0.263. The fourth-order valence-corrected chi connectivity index (χ4v) is 5.23. The average molecular weight is 458 g/mol. The van der Waals surface area contributed by atoms with Crippen LogP contribution in [0.1, 0.15) is 69.9 Å². The molecular weight excluding hydrogens is 414 g/mol. The van der Waals surface area contributed by atoms with Crippen LogP contribution < -0.4 is 5.73 Å². The van der Waals surface area contributed by atoms with Gasteiger partial charge >= 0.3 is 5.97 Å². The molecule has 0 saturated carbocycles. The molecule has 0 fully saturated rings. The van der Waals surface area contributed by atoms with Crippen molar-refractivity contribution in [2.45, 2.75) is 75.9 Å². The van der Waals surface area contributed by atoms with E-state index in [4.69, 9.17) is 24.7 Å². The Bertz CT molecular complexity index is 784. The molecule has 5 nitrogen and oxygen atoms in total. The molecule has 0 spiro atoms. The van der Waals surface area contributed by atoms with Crippen molar-refractivity contribution in [1.29, 1.82) is 0 Å². The van der Waals surface area contributed by atoms with Gasteiger partial charge in [-0.3, -0.25) is 0 Å². The Morgan fingerprint density at radius 1 is 0.788 bits per heavy atom. The minimum absolute atomic E-state index is 0.0397. The van der Waals surface area contributed by atoms with E-state index in [1.165, 1.54) is 12.8 Å². The normalized spacial score (nSPS) is 16.7. The van der Waals surface area contributed by atoms with Crippen LogP contribution in [-0.2, 0) is 24.5 Å². The number of nitrogens with two attached hydrogens (primary N) is 1. The topological polar surface area (TPSA) is 62.9 Å². The van der Waals surface area contributed by atoms with Crippen LogP contribution in [-0.4, -0.2) is 39.4 Å². The molecule has 3 atom stereocenters. The van der Waals surface area contributed by atoms with E-state index in [0.717, 1.165) is 30.4 Å². The van der Waals surface area contributed by atoms with Gasteiger partial charge in [0.05, 0.1) is 5.54 Å². The number of methoxy groups -OCH3 is 3. The molecule has 0 saturated heterocycles. The van der Waals surface area contributed by atoms with Gasteiger partial charge in [-0.05, 0) is 31.4 Å². The summed E-state index contributed by atoms with van der Waals surface area (Å²) in [5.74, 6) is -1.60. The molecule has 0 aliphatic rings. The second kappa shape index (κ2) is 12.6. The van der Waals surface area contributed by atoms with Crippen LogP contribution in [0.5, 0.6) is 0 Å². The van der Waals surface area contributed by atoms with Crippen molar-refractivity contribution in [1.82, 2.24) is 0 Å². The molecule has 0 heterocycles. The predicted molar refractivity (Wildman–Crippen MR) is 134 cm³/mol. The van der Waals surface area contributed by atoms with Gasteiger partial charge in [-0.2, -0.15) is 0 Å². The van der Waals surface area contributed by atoms with E-state index in [2.05, 4.69) is 31.2 Å². The lowest BCUT2D eigenvalue weighted by molar-refractivity contribution is -0.444. The molecule has 0 radical (unpaired) electrons. The molecule has 3 unspecified atom stereocenters. The molecule has 0 amide bonds. The molecule has 2 rings (SSSR count). The lowest BCUT2D eigenvalue weighted by Crippen LogP contribution is -2.73. The number of ether oxygens (including phenoxy) is 4. The number of unbranched alkanes of at least 4 members (excludes halogenated alkanes) is 3. The first-order valence-corrected chi connectivity index (χ1v) is 12.1. The Morgan fingerprint density at radius 2 is 1.33 bits per heavy atom. The van der Waals surface area contributed by atoms with Crippen LogP contribution in [0.15, 0.2) is 60.7 Å². The largest absolute Gasteiger partial charge is 0.360 e. The Morgan fingerprint density at radius 3 is 1.82 bits per heavy atom. The van der Waals surface area contributed by atoms with Gasteiger partial charge in [0.2, 0.25) is 0 Å². The zero-order valence-corrected chi connectivity index (χ0v) is 21.3. The highest BCUT2D eigenvalue weighted by Gasteiger charge is 2.67. The van der Waals surface area contributed by atoms with Crippen molar-refractivity contribution in [3.63, 3.8) is 0 Å². The van der Waals surface area contributed by atoms with Crippen molar-refractivity contribution >= 4 is 0 Å². The van der Waals surface area contributed by atoms with E-state index >= 15 is 0 Å². The molecule has 5 heteroatoms. The second-order valence-corrected chi connectivity index (χ2v) is 8.74. The van der Waals surface area contributed by atoms with Crippen molar-refractivity contribution in [2.24, 2.45) is 5.73 Å². The molecule has 0 aliphatic heterocycles. The standard InChI is InChI=1S/C28H43NO4/c1-7-9-10-17-22-25(23-18-13-11-14-19-23)26(3,29)27(33-8-2,24-20-15-12-16-21-24)28(30-4,31-5)32-6/h11-16,18-21,25H,7-10,17,22,29H2,1-6H3. The Kier molecular flexibility index (Phi) is 10.5. The third-order valence-electron chi connectivity index (χ3n) is 6.81. The number of benzene rings is 2. The maximum Gasteiger partial charge on any atom is 0.319 e. The molecule has 0 aromatic heterocycles. The van der Waals surface area contributed by atoms with Gasteiger partial charge in [0.25, 0.3) is 0 Å². The summed E-state index contributed by atoms with van der Waals surface area (Å²) in [5.41, 5.74) is 7.22. The van der Waals surface area contributed by atoms with Crippen LogP contribution in [0.4, 0.5) is 0 Å².